The van der Waals surface area contributed by atoms with E-state index in [0.29, 0.717) is 18.8 Å². The van der Waals surface area contributed by atoms with Gasteiger partial charge in [-0.25, -0.2) is 4.79 Å². The number of hydrogen-bond donors (Lipinski definition) is 2. The Morgan fingerprint density at radius 3 is 2.70 bits per heavy atom. The maximum Gasteiger partial charge on any atom is 0.329 e. The molecule has 1 saturated carbocycles. The standard InChI is InChI=1S/C13H16N2O4S/c16-11(9-7-10(19-15-9)8-1-2-8)14-13(12(17)18)3-5-20-6-4-13/h7-8H,1-6H2,(H,14,16)(H,17,18). The Kier molecular flexibility index (Phi) is 3.45. The quantitative estimate of drug-likeness (QED) is 0.877. The summed E-state index contributed by atoms with van der Waals surface area (Å²) in [6, 6.07) is 1.63. The van der Waals surface area contributed by atoms with Crippen LogP contribution < -0.4 is 5.32 Å². The zero-order valence-electron chi connectivity index (χ0n) is 10.9. The Balaban J connectivity index is 1.73. The lowest BCUT2D eigenvalue weighted by Crippen LogP contribution is -2.56. The molecule has 1 amide bonds. The van der Waals surface area contributed by atoms with E-state index in [1.54, 1.807) is 17.8 Å². The molecule has 3 rings (SSSR count). The summed E-state index contributed by atoms with van der Waals surface area (Å²) in [5, 5.41) is 15.8. The summed E-state index contributed by atoms with van der Waals surface area (Å²) in [5.74, 6) is 1.13. The lowest BCUT2D eigenvalue weighted by atomic mass is 9.92. The van der Waals surface area contributed by atoms with Gasteiger partial charge in [0.15, 0.2) is 5.69 Å². The van der Waals surface area contributed by atoms with Crippen molar-refractivity contribution in [1.82, 2.24) is 10.5 Å². The van der Waals surface area contributed by atoms with Gasteiger partial charge in [0.1, 0.15) is 11.3 Å². The van der Waals surface area contributed by atoms with Crippen LogP contribution in [0.1, 0.15) is 47.8 Å². The van der Waals surface area contributed by atoms with E-state index in [9.17, 15) is 14.7 Å². The van der Waals surface area contributed by atoms with Crippen LogP contribution >= 0.6 is 11.8 Å². The predicted molar refractivity (Wildman–Crippen MR) is 72.9 cm³/mol. The molecule has 0 atom stereocenters. The van der Waals surface area contributed by atoms with Crippen LogP contribution in [-0.2, 0) is 4.79 Å². The summed E-state index contributed by atoms with van der Waals surface area (Å²) in [7, 11) is 0. The van der Waals surface area contributed by atoms with Gasteiger partial charge >= 0.3 is 5.97 Å². The molecule has 0 bridgehead atoms. The first-order chi connectivity index (χ1) is 9.61. The highest BCUT2D eigenvalue weighted by Crippen LogP contribution is 2.40. The number of hydrogen-bond acceptors (Lipinski definition) is 5. The summed E-state index contributed by atoms with van der Waals surface area (Å²) >= 11 is 1.71. The second-order valence-corrected chi connectivity index (χ2v) is 6.57. The van der Waals surface area contributed by atoms with Crippen LogP contribution in [-0.4, -0.2) is 39.2 Å². The van der Waals surface area contributed by atoms with E-state index in [2.05, 4.69) is 10.5 Å². The van der Waals surface area contributed by atoms with Crippen molar-refractivity contribution in [2.75, 3.05) is 11.5 Å². The summed E-state index contributed by atoms with van der Waals surface area (Å²) < 4.78 is 5.13. The smallest absolute Gasteiger partial charge is 0.329 e. The molecule has 0 spiro atoms. The third-order valence-electron chi connectivity index (χ3n) is 3.85. The molecule has 1 aliphatic heterocycles. The molecule has 1 aliphatic carbocycles. The van der Waals surface area contributed by atoms with Gasteiger partial charge in [-0.15, -0.1) is 0 Å². The first kappa shape index (κ1) is 13.5. The van der Waals surface area contributed by atoms with Crippen LogP contribution in [0.15, 0.2) is 10.6 Å². The predicted octanol–water partition coefficient (Wildman–Crippen LogP) is 1.63. The lowest BCUT2D eigenvalue weighted by Gasteiger charge is -2.33. The Morgan fingerprint density at radius 2 is 2.10 bits per heavy atom. The molecule has 108 valence electrons. The van der Waals surface area contributed by atoms with Gasteiger partial charge in [-0.1, -0.05) is 5.16 Å². The highest BCUT2D eigenvalue weighted by atomic mass is 32.2. The van der Waals surface area contributed by atoms with Gasteiger partial charge in [0.25, 0.3) is 5.91 Å². The number of rotatable bonds is 4. The number of aromatic nitrogens is 1. The zero-order chi connectivity index (χ0) is 14.2. The second-order valence-electron chi connectivity index (χ2n) is 5.34. The van der Waals surface area contributed by atoms with E-state index >= 15 is 0 Å². The SMILES string of the molecule is O=C(NC1(C(=O)O)CCSCC1)c1cc(C2CC2)on1. The minimum absolute atomic E-state index is 0.172. The van der Waals surface area contributed by atoms with Gasteiger partial charge in [0.05, 0.1) is 0 Å². The summed E-state index contributed by atoms with van der Waals surface area (Å²) in [6.07, 6.45) is 3.00. The van der Waals surface area contributed by atoms with E-state index in [1.807, 2.05) is 0 Å². The average Bonchev–Trinajstić information content (AvgIpc) is 3.17. The molecule has 0 aromatic carbocycles. The van der Waals surface area contributed by atoms with Crippen molar-refractivity contribution in [2.45, 2.75) is 37.1 Å². The van der Waals surface area contributed by atoms with E-state index < -0.39 is 17.4 Å². The van der Waals surface area contributed by atoms with Crippen molar-refractivity contribution >= 4 is 23.6 Å². The Hall–Kier alpha value is -1.50. The van der Waals surface area contributed by atoms with Crippen LogP contribution in [0.4, 0.5) is 0 Å². The molecule has 2 N–H and O–H groups in total. The highest BCUT2D eigenvalue weighted by molar-refractivity contribution is 7.99. The van der Waals surface area contributed by atoms with Crippen molar-refractivity contribution in [3.05, 3.63) is 17.5 Å². The molecule has 2 fully saturated rings. The molecule has 2 heterocycles. The molecule has 1 aromatic rings. The first-order valence-electron chi connectivity index (χ1n) is 6.71. The number of aliphatic carboxylic acids is 1. The number of carboxylic acids is 1. The van der Waals surface area contributed by atoms with E-state index in [1.165, 1.54) is 0 Å². The fourth-order valence-corrected chi connectivity index (χ4v) is 3.54. The van der Waals surface area contributed by atoms with Crippen molar-refractivity contribution < 1.29 is 19.2 Å². The Labute approximate surface area is 120 Å². The third kappa shape index (κ3) is 2.54. The number of carbonyl (C=O) groups is 2. The monoisotopic (exact) mass is 296 g/mol. The Morgan fingerprint density at radius 1 is 1.40 bits per heavy atom. The topological polar surface area (TPSA) is 92.4 Å². The van der Waals surface area contributed by atoms with E-state index in [0.717, 1.165) is 30.1 Å². The van der Waals surface area contributed by atoms with Crippen LogP contribution in [0.3, 0.4) is 0 Å². The number of carboxylic acid groups (broad SMARTS) is 1. The van der Waals surface area contributed by atoms with Crippen LogP contribution in [0.5, 0.6) is 0 Å². The van der Waals surface area contributed by atoms with E-state index in [-0.39, 0.29) is 5.69 Å². The van der Waals surface area contributed by atoms with Crippen molar-refractivity contribution in [2.24, 2.45) is 0 Å². The number of nitrogens with one attached hydrogen (secondary N) is 1. The van der Waals surface area contributed by atoms with Crippen molar-refractivity contribution in [3.63, 3.8) is 0 Å². The molecule has 1 aromatic heterocycles. The van der Waals surface area contributed by atoms with Crippen molar-refractivity contribution in [1.29, 1.82) is 0 Å². The van der Waals surface area contributed by atoms with Gasteiger partial charge in [0, 0.05) is 12.0 Å². The molecular formula is C13H16N2O4S. The molecule has 20 heavy (non-hydrogen) atoms. The maximum absolute atomic E-state index is 12.2. The molecule has 1 saturated heterocycles. The second kappa shape index (κ2) is 5.12. The molecule has 7 heteroatoms. The maximum atomic E-state index is 12.2. The van der Waals surface area contributed by atoms with Gasteiger partial charge < -0.3 is 14.9 Å². The molecule has 0 unspecified atom stereocenters. The molecular weight excluding hydrogens is 280 g/mol. The highest BCUT2D eigenvalue weighted by Gasteiger charge is 2.42. The number of amides is 1. The number of nitrogens with zero attached hydrogens (tertiary/aromatic N) is 1. The lowest BCUT2D eigenvalue weighted by molar-refractivity contribution is -0.144. The van der Waals surface area contributed by atoms with Gasteiger partial charge in [0.2, 0.25) is 0 Å². The number of carbonyl (C=O) groups excluding carboxylic acids is 1. The van der Waals surface area contributed by atoms with Gasteiger partial charge in [-0.05, 0) is 37.2 Å². The zero-order valence-corrected chi connectivity index (χ0v) is 11.7. The van der Waals surface area contributed by atoms with Gasteiger partial charge in [-0.3, -0.25) is 4.79 Å². The average molecular weight is 296 g/mol. The Bertz CT molecular complexity index is 532. The molecule has 0 radical (unpaired) electrons. The van der Waals surface area contributed by atoms with Crippen LogP contribution in [0.25, 0.3) is 0 Å². The molecule has 2 aliphatic rings. The van der Waals surface area contributed by atoms with Crippen LogP contribution in [0.2, 0.25) is 0 Å². The van der Waals surface area contributed by atoms with Gasteiger partial charge in [-0.2, -0.15) is 11.8 Å². The normalized spacial score (nSPS) is 21.4. The summed E-state index contributed by atoms with van der Waals surface area (Å²) in [6.45, 7) is 0. The summed E-state index contributed by atoms with van der Waals surface area (Å²) in [4.78, 5) is 23.7. The summed E-state index contributed by atoms with van der Waals surface area (Å²) in [5.41, 5.74) is -0.994. The largest absolute Gasteiger partial charge is 0.480 e. The molecule has 6 nitrogen and oxygen atoms in total. The van der Waals surface area contributed by atoms with E-state index in [4.69, 9.17) is 4.52 Å². The third-order valence-corrected chi connectivity index (χ3v) is 4.83. The number of thioether (sulfide) groups is 1. The van der Waals surface area contributed by atoms with Crippen molar-refractivity contribution in [3.8, 4) is 0 Å². The fraction of sp³-hybridized carbons (Fsp3) is 0.615. The van der Waals surface area contributed by atoms with Crippen LogP contribution in [0, 0.1) is 0 Å². The first-order valence-corrected chi connectivity index (χ1v) is 7.86. The fourth-order valence-electron chi connectivity index (χ4n) is 2.35. The minimum atomic E-state index is -1.17. The minimum Gasteiger partial charge on any atom is -0.480 e.